The highest BCUT2D eigenvalue weighted by atomic mass is 32.2. The summed E-state index contributed by atoms with van der Waals surface area (Å²) < 4.78 is 32.7. The van der Waals surface area contributed by atoms with E-state index < -0.39 is 21.7 Å². The van der Waals surface area contributed by atoms with Gasteiger partial charge in [-0.1, -0.05) is 6.07 Å². The van der Waals surface area contributed by atoms with Gasteiger partial charge < -0.3 is 4.74 Å². The number of anilines is 2. The maximum absolute atomic E-state index is 12.3. The first-order chi connectivity index (χ1) is 10.8. The fourth-order valence-corrected chi connectivity index (χ4v) is 4.47. The summed E-state index contributed by atoms with van der Waals surface area (Å²) in [4.78, 5) is 11.7. The number of carbonyl (C=O) groups is 1. The molecule has 1 aromatic carbocycles. The van der Waals surface area contributed by atoms with Crippen LogP contribution >= 0.6 is 11.3 Å². The highest BCUT2D eigenvalue weighted by Crippen LogP contribution is 2.31. The lowest BCUT2D eigenvalue weighted by molar-refractivity contribution is 0.0519. The van der Waals surface area contributed by atoms with E-state index in [9.17, 15) is 13.2 Å². The topological polar surface area (TPSA) is 84.5 Å². The molecule has 0 fully saturated rings. The molecule has 122 valence electrons. The van der Waals surface area contributed by atoms with Crippen LogP contribution in [0.4, 0.5) is 16.2 Å². The first-order valence-electron chi connectivity index (χ1n) is 6.94. The van der Waals surface area contributed by atoms with Crippen molar-refractivity contribution < 1.29 is 17.9 Å². The molecule has 0 atom stereocenters. The van der Waals surface area contributed by atoms with E-state index in [4.69, 9.17) is 4.74 Å². The van der Waals surface area contributed by atoms with Crippen LogP contribution in [-0.4, -0.2) is 20.1 Å². The second kappa shape index (κ2) is 5.54. The van der Waals surface area contributed by atoms with Crippen molar-refractivity contribution in [2.75, 3.05) is 10.0 Å². The molecule has 2 N–H and O–H groups in total. The summed E-state index contributed by atoms with van der Waals surface area (Å²) in [7, 11) is -3.60. The number of fused-ring (bicyclic) bond motifs is 1. The van der Waals surface area contributed by atoms with Gasteiger partial charge in [-0.05, 0) is 49.1 Å². The predicted octanol–water partition coefficient (Wildman–Crippen LogP) is 3.43. The maximum atomic E-state index is 12.3. The van der Waals surface area contributed by atoms with E-state index in [0.29, 0.717) is 17.8 Å². The Balaban J connectivity index is 1.92. The van der Waals surface area contributed by atoms with Crippen molar-refractivity contribution in [1.82, 2.24) is 0 Å². The zero-order chi connectivity index (χ0) is 16.7. The molecule has 0 radical (unpaired) electrons. The molecule has 0 saturated heterocycles. The van der Waals surface area contributed by atoms with Gasteiger partial charge in [-0.3, -0.25) is 10.0 Å². The van der Waals surface area contributed by atoms with E-state index in [2.05, 4.69) is 10.0 Å². The summed E-state index contributed by atoms with van der Waals surface area (Å²) in [5.74, 6) is 0. The fourth-order valence-electron chi connectivity index (χ4n) is 2.43. The smallest absolute Gasteiger partial charge is 0.412 e. The molecule has 2 heterocycles. The summed E-state index contributed by atoms with van der Waals surface area (Å²) in [6.45, 7) is 3.62. The van der Waals surface area contributed by atoms with Crippen molar-refractivity contribution in [1.29, 1.82) is 0 Å². The van der Waals surface area contributed by atoms with Crippen molar-refractivity contribution in [2.45, 2.75) is 30.1 Å². The van der Waals surface area contributed by atoms with Gasteiger partial charge in [0.2, 0.25) is 0 Å². The minimum Gasteiger partial charge on any atom is -0.443 e. The van der Waals surface area contributed by atoms with Crippen LogP contribution < -0.4 is 10.0 Å². The average molecular weight is 352 g/mol. The van der Waals surface area contributed by atoms with Gasteiger partial charge in [-0.2, -0.15) is 0 Å². The van der Waals surface area contributed by atoms with E-state index in [0.717, 1.165) is 16.9 Å². The molecule has 8 heteroatoms. The lowest BCUT2D eigenvalue weighted by atomic mass is 9.97. The maximum Gasteiger partial charge on any atom is 0.412 e. The zero-order valence-electron chi connectivity index (χ0n) is 12.6. The van der Waals surface area contributed by atoms with Crippen LogP contribution in [0.15, 0.2) is 39.9 Å². The van der Waals surface area contributed by atoms with E-state index >= 15 is 0 Å². The molecule has 1 aliphatic heterocycles. The number of nitrogens with one attached hydrogen (secondary N) is 2. The van der Waals surface area contributed by atoms with E-state index in [1.165, 1.54) is 0 Å². The SMILES string of the molecule is CC1(C)Cc2cc(NS(=O)(=O)c3cccs3)ccc2NC(=O)O1. The van der Waals surface area contributed by atoms with Crippen molar-refractivity contribution in [3.8, 4) is 0 Å². The number of amides is 1. The van der Waals surface area contributed by atoms with E-state index in [-0.39, 0.29) is 4.21 Å². The molecule has 23 heavy (non-hydrogen) atoms. The number of hydrogen-bond acceptors (Lipinski definition) is 5. The van der Waals surface area contributed by atoms with Crippen molar-refractivity contribution in [3.63, 3.8) is 0 Å². The van der Waals surface area contributed by atoms with Crippen LogP contribution in [0.5, 0.6) is 0 Å². The average Bonchev–Trinajstić information content (AvgIpc) is 2.91. The molecule has 1 amide bonds. The highest BCUT2D eigenvalue weighted by molar-refractivity contribution is 7.94. The first kappa shape index (κ1) is 15.8. The standard InChI is InChI=1S/C15H16N2O4S2/c1-15(2)9-10-8-11(5-6-12(10)16-14(18)21-15)17-23(19,20)13-4-3-7-22-13/h3-8,17H,9H2,1-2H3,(H,16,18). The third kappa shape index (κ3) is 3.48. The number of benzene rings is 1. The van der Waals surface area contributed by atoms with E-state index in [1.54, 1.807) is 35.7 Å². The number of hydrogen-bond donors (Lipinski definition) is 2. The largest absolute Gasteiger partial charge is 0.443 e. The van der Waals surface area contributed by atoms with Crippen LogP contribution in [0.25, 0.3) is 0 Å². The number of sulfonamides is 1. The molecule has 1 aromatic heterocycles. The Morgan fingerprint density at radius 2 is 2.09 bits per heavy atom. The molecular weight excluding hydrogens is 336 g/mol. The van der Waals surface area contributed by atoms with Gasteiger partial charge in [0, 0.05) is 17.8 Å². The second-order valence-electron chi connectivity index (χ2n) is 5.86. The summed E-state index contributed by atoms with van der Waals surface area (Å²) in [6, 6.07) is 8.24. The van der Waals surface area contributed by atoms with Gasteiger partial charge in [0.1, 0.15) is 9.81 Å². The van der Waals surface area contributed by atoms with Gasteiger partial charge in [-0.15, -0.1) is 11.3 Å². The number of carbonyl (C=O) groups excluding carboxylic acids is 1. The Morgan fingerprint density at radius 1 is 1.30 bits per heavy atom. The van der Waals surface area contributed by atoms with Gasteiger partial charge >= 0.3 is 6.09 Å². The Morgan fingerprint density at radius 3 is 2.78 bits per heavy atom. The molecule has 0 bridgehead atoms. The third-order valence-corrected chi connectivity index (χ3v) is 6.12. The van der Waals surface area contributed by atoms with Gasteiger partial charge in [-0.25, -0.2) is 13.2 Å². The quantitative estimate of drug-likeness (QED) is 0.886. The van der Waals surface area contributed by atoms with Crippen LogP contribution in [-0.2, 0) is 21.2 Å². The van der Waals surface area contributed by atoms with Crippen LogP contribution in [0.1, 0.15) is 19.4 Å². The van der Waals surface area contributed by atoms with Crippen LogP contribution in [0, 0.1) is 0 Å². The predicted molar refractivity (Wildman–Crippen MR) is 89.5 cm³/mol. The minimum absolute atomic E-state index is 0.254. The molecular formula is C15H16N2O4S2. The Kier molecular flexibility index (Phi) is 3.81. The van der Waals surface area contributed by atoms with Crippen molar-refractivity contribution in [2.24, 2.45) is 0 Å². The second-order valence-corrected chi connectivity index (χ2v) is 8.72. The van der Waals surface area contributed by atoms with Crippen LogP contribution in [0.3, 0.4) is 0 Å². The molecule has 0 aliphatic carbocycles. The lowest BCUT2D eigenvalue weighted by Gasteiger charge is -2.22. The van der Waals surface area contributed by atoms with Gasteiger partial charge in [0.05, 0.1) is 0 Å². The fraction of sp³-hybridized carbons (Fsp3) is 0.267. The molecule has 1 aliphatic rings. The molecule has 3 rings (SSSR count). The van der Waals surface area contributed by atoms with E-state index in [1.807, 2.05) is 13.8 Å². The molecule has 2 aromatic rings. The Labute approximate surface area is 138 Å². The molecule has 0 spiro atoms. The monoisotopic (exact) mass is 352 g/mol. The Bertz CT molecular complexity index is 842. The lowest BCUT2D eigenvalue weighted by Crippen LogP contribution is -2.29. The minimum atomic E-state index is -3.60. The number of rotatable bonds is 3. The molecule has 6 nitrogen and oxygen atoms in total. The first-order valence-corrected chi connectivity index (χ1v) is 9.31. The van der Waals surface area contributed by atoms with Gasteiger partial charge in [0.15, 0.2) is 0 Å². The molecule has 0 unspecified atom stereocenters. The van der Waals surface area contributed by atoms with Gasteiger partial charge in [0.25, 0.3) is 10.0 Å². The Hall–Kier alpha value is -2.06. The summed E-state index contributed by atoms with van der Waals surface area (Å²) in [6.07, 6.45) is -0.0315. The number of thiophene rings is 1. The van der Waals surface area contributed by atoms with Crippen LogP contribution in [0.2, 0.25) is 0 Å². The summed E-state index contributed by atoms with van der Waals surface area (Å²) >= 11 is 1.15. The number of cyclic esters (lactones) is 1. The third-order valence-electron chi connectivity index (χ3n) is 3.34. The summed E-state index contributed by atoms with van der Waals surface area (Å²) in [5, 5.41) is 4.37. The summed E-state index contributed by atoms with van der Waals surface area (Å²) in [5.41, 5.74) is 1.22. The zero-order valence-corrected chi connectivity index (χ0v) is 14.3. The van der Waals surface area contributed by atoms with Crippen molar-refractivity contribution >= 4 is 38.8 Å². The highest BCUT2D eigenvalue weighted by Gasteiger charge is 2.29. The number of ether oxygens (including phenoxy) is 1. The molecule has 0 saturated carbocycles. The normalized spacial score (nSPS) is 16.7. The van der Waals surface area contributed by atoms with Crippen molar-refractivity contribution in [3.05, 3.63) is 41.3 Å².